The maximum atomic E-state index is 12.9. The largest absolute Gasteiger partial charge is 0.480 e. The van der Waals surface area contributed by atoms with Crippen molar-refractivity contribution in [1.29, 1.82) is 0 Å². The zero-order valence-corrected chi connectivity index (χ0v) is 7.39. The molecule has 0 aromatic rings. The molecule has 0 aliphatic heterocycles. The molecule has 0 aromatic heterocycles. The van der Waals surface area contributed by atoms with E-state index in [9.17, 15) is 14.0 Å². The first kappa shape index (κ1) is 12.8. The summed E-state index contributed by atoms with van der Waals surface area (Å²) in [6.07, 6.45) is -2.20. The average molecular weight is 208 g/mol. The van der Waals surface area contributed by atoms with Crippen molar-refractivity contribution in [2.75, 3.05) is 0 Å². The van der Waals surface area contributed by atoms with Gasteiger partial charge < -0.3 is 21.7 Å². The zero-order chi connectivity index (χ0) is 11.3. The zero-order valence-electron chi connectivity index (χ0n) is 7.39. The molecule has 7 heteroatoms. The van der Waals surface area contributed by atoms with E-state index in [0.717, 1.165) is 0 Å². The molecular weight excluding hydrogens is 195 g/mol. The molecule has 0 aliphatic carbocycles. The van der Waals surface area contributed by atoms with Crippen LogP contribution in [0.2, 0.25) is 0 Å². The standard InChI is InChI=1S/C7H13FN2O4/c8-3(5(10)7(13)14)1-2-4(9)6(11)12/h3-5H,1-2,9-10H2,(H,11,12)(H,13,14)/t3-,4+,5-/m1/s1. The fourth-order valence-corrected chi connectivity index (χ4v) is 0.797. The Morgan fingerprint density at radius 1 is 1.14 bits per heavy atom. The van der Waals surface area contributed by atoms with Gasteiger partial charge in [0.05, 0.1) is 0 Å². The molecule has 0 spiro atoms. The van der Waals surface area contributed by atoms with E-state index >= 15 is 0 Å². The van der Waals surface area contributed by atoms with E-state index in [2.05, 4.69) is 0 Å². The van der Waals surface area contributed by atoms with Gasteiger partial charge in [-0.1, -0.05) is 0 Å². The van der Waals surface area contributed by atoms with Crippen LogP contribution in [0.25, 0.3) is 0 Å². The van der Waals surface area contributed by atoms with Crippen LogP contribution >= 0.6 is 0 Å². The molecule has 0 aromatic carbocycles. The fraction of sp³-hybridized carbons (Fsp3) is 0.714. The molecule has 0 saturated carbocycles. The number of hydrogen-bond acceptors (Lipinski definition) is 4. The Kier molecular flexibility index (Phi) is 5.03. The summed E-state index contributed by atoms with van der Waals surface area (Å²) in [5.74, 6) is -2.71. The Balaban J connectivity index is 3.90. The Morgan fingerprint density at radius 2 is 1.64 bits per heavy atom. The van der Waals surface area contributed by atoms with Gasteiger partial charge in [0.2, 0.25) is 0 Å². The van der Waals surface area contributed by atoms with Crippen LogP contribution in [-0.4, -0.2) is 40.4 Å². The molecule has 0 heterocycles. The molecule has 0 amide bonds. The van der Waals surface area contributed by atoms with E-state index in [1.807, 2.05) is 0 Å². The Bertz CT molecular complexity index is 224. The molecule has 0 saturated heterocycles. The predicted molar refractivity (Wildman–Crippen MR) is 45.4 cm³/mol. The van der Waals surface area contributed by atoms with Crippen molar-refractivity contribution in [3.8, 4) is 0 Å². The smallest absolute Gasteiger partial charge is 0.323 e. The highest BCUT2D eigenvalue weighted by atomic mass is 19.1. The molecule has 0 radical (unpaired) electrons. The van der Waals surface area contributed by atoms with Gasteiger partial charge in [0.25, 0.3) is 0 Å². The summed E-state index contributed by atoms with van der Waals surface area (Å²) in [5.41, 5.74) is 10.0. The maximum Gasteiger partial charge on any atom is 0.323 e. The van der Waals surface area contributed by atoms with E-state index in [1.165, 1.54) is 0 Å². The number of alkyl halides is 1. The van der Waals surface area contributed by atoms with Crippen molar-refractivity contribution in [1.82, 2.24) is 0 Å². The van der Waals surface area contributed by atoms with E-state index < -0.39 is 30.2 Å². The number of hydrogen-bond donors (Lipinski definition) is 4. The predicted octanol–water partition coefficient (Wildman–Crippen LogP) is -1.07. The normalized spacial score (nSPS) is 17.1. The monoisotopic (exact) mass is 208 g/mol. The van der Waals surface area contributed by atoms with Crippen molar-refractivity contribution < 1.29 is 24.2 Å². The molecule has 3 atom stereocenters. The molecule has 0 fully saturated rings. The first-order chi connectivity index (χ1) is 6.36. The topological polar surface area (TPSA) is 127 Å². The summed E-state index contributed by atoms with van der Waals surface area (Å²) >= 11 is 0. The minimum absolute atomic E-state index is 0.141. The van der Waals surface area contributed by atoms with Gasteiger partial charge >= 0.3 is 11.9 Å². The van der Waals surface area contributed by atoms with Gasteiger partial charge in [0.15, 0.2) is 0 Å². The lowest BCUT2D eigenvalue weighted by molar-refractivity contribution is -0.140. The van der Waals surface area contributed by atoms with Gasteiger partial charge in [0.1, 0.15) is 18.3 Å². The lowest BCUT2D eigenvalue weighted by Gasteiger charge is -2.13. The van der Waals surface area contributed by atoms with E-state index in [0.29, 0.717) is 0 Å². The third-order valence-electron chi connectivity index (χ3n) is 1.75. The van der Waals surface area contributed by atoms with E-state index in [-0.39, 0.29) is 12.8 Å². The molecule has 0 aliphatic rings. The maximum absolute atomic E-state index is 12.9. The first-order valence-corrected chi connectivity index (χ1v) is 3.97. The second-order valence-corrected chi connectivity index (χ2v) is 2.90. The first-order valence-electron chi connectivity index (χ1n) is 3.97. The Hall–Kier alpha value is -1.21. The van der Waals surface area contributed by atoms with Gasteiger partial charge in [-0.15, -0.1) is 0 Å². The second-order valence-electron chi connectivity index (χ2n) is 2.90. The van der Waals surface area contributed by atoms with Gasteiger partial charge in [-0.25, -0.2) is 4.39 Å². The minimum atomic E-state index is -1.78. The van der Waals surface area contributed by atoms with Crippen LogP contribution in [0.4, 0.5) is 4.39 Å². The van der Waals surface area contributed by atoms with Crippen LogP contribution in [0.15, 0.2) is 0 Å². The number of rotatable bonds is 6. The summed E-state index contributed by atoms with van der Waals surface area (Å²) in [6.45, 7) is 0. The van der Waals surface area contributed by atoms with Gasteiger partial charge in [-0.05, 0) is 12.8 Å². The lowest BCUT2D eigenvalue weighted by Crippen LogP contribution is -2.40. The molecule has 14 heavy (non-hydrogen) atoms. The lowest BCUT2D eigenvalue weighted by atomic mass is 10.0. The molecule has 82 valence electrons. The van der Waals surface area contributed by atoms with Gasteiger partial charge in [0, 0.05) is 0 Å². The quantitative estimate of drug-likeness (QED) is 0.440. The highest BCUT2D eigenvalue weighted by Crippen LogP contribution is 2.07. The van der Waals surface area contributed by atoms with E-state index in [1.54, 1.807) is 0 Å². The third-order valence-corrected chi connectivity index (χ3v) is 1.75. The minimum Gasteiger partial charge on any atom is -0.480 e. The number of carboxylic acid groups (broad SMARTS) is 2. The summed E-state index contributed by atoms with van der Waals surface area (Å²) < 4.78 is 12.9. The molecule has 6 nitrogen and oxygen atoms in total. The van der Waals surface area contributed by atoms with Gasteiger partial charge in [-0.2, -0.15) is 0 Å². The molecule has 0 rings (SSSR count). The SMILES string of the molecule is N[C@@H](CC[C@@H](F)[C@@H](N)C(=O)O)C(=O)O. The van der Waals surface area contributed by atoms with Crippen LogP contribution in [0.5, 0.6) is 0 Å². The van der Waals surface area contributed by atoms with E-state index in [4.69, 9.17) is 21.7 Å². The van der Waals surface area contributed by atoms with Crippen LogP contribution < -0.4 is 11.5 Å². The van der Waals surface area contributed by atoms with Crippen LogP contribution in [-0.2, 0) is 9.59 Å². The summed E-state index contributed by atoms with van der Waals surface area (Å²) in [5, 5.41) is 16.7. The summed E-state index contributed by atoms with van der Waals surface area (Å²) in [6, 6.07) is -2.81. The number of carbonyl (C=O) groups is 2. The number of aliphatic carboxylic acids is 2. The van der Waals surface area contributed by atoms with Crippen molar-refractivity contribution in [2.45, 2.75) is 31.1 Å². The second kappa shape index (κ2) is 5.51. The summed E-state index contributed by atoms with van der Waals surface area (Å²) in [7, 11) is 0. The molecule has 6 N–H and O–H groups in total. The molecular formula is C7H13FN2O4. The average Bonchev–Trinajstić information content (AvgIpc) is 2.11. The van der Waals surface area contributed by atoms with Crippen LogP contribution in [0.3, 0.4) is 0 Å². The van der Waals surface area contributed by atoms with Crippen molar-refractivity contribution in [3.05, 3.63) is 0 Å². The van der Waals surface area contributed by atoms with Crippen molar-refractivity contribution in [3.63, 3.8) is 0 Å². The van der Waals surface area contributed by atoms with Gasteiger partial charge in [-0.3, -0.25) is 9.59 Å². The van der Waals surface area contributed by atoms with Crippen molar-refractivity contribution in [2.24, 2.45) is 11.5 Å². The van der Waals surface area contributed by atoms with Crippen LogP contribution in [0, 0.1) is 0 Å². The summed E-state index contributed by atoms with van der Waals surface area (Å²) in [4.78, 5) is 20.4. The number of nitrogens with two attached hydrogens (primary N) is 2. The number of halogens is 1. The third kappa shape index (κ3) is 4.15. The molecule has 0 bridgehead atoms. The number of carboxylic acids is 2. The fourth-order valence-electron chi connectivity index (χ4n) is 0.797. The highest BCUT2D eigenvalue weighted by molar-refractivity contribution is 5.74. The Morgan fingerprint density at radius 3 is 2.00 bits per heavy atom. The highest BCUT2D eigenvalue weighted by Gasteiger charge is 2.25. The Labute approximate surface area is 79.7 Å². The molecule has 0 unspecified atom stereocenters. The van der Waals surface area contributed by atoms with Crippen LogP contribution in [0.1, 0.15) is 12.8 Å². The van der Waals surface area contributed by atoms with Crippen molar-refractivity contribution >= 4 is 11.9 Å².